The lowest BCUT2D eigenvalue weighted by Gasteiger charge is -2.01. The number of hydrogen-bond donors (Lipinski definition) is 1. The molecule has 1 heterocycles. The number of fused-ring (bicyclic) bond motifs is 1. The third-order valence-corrected chi connectivity index (χ3v) is 2.33. The molecule has 0 bridgehead atoms. The normalized spacial score (nSPS) is 13.1. The van der Waals surface area contributed by atoms with E-state index in [1.54, 1.807) is 0 Å². The van der Waals surface area contributed by atoms with Crippen molar-refractivity contribution in [3.8, 4) is 0 Å². The number of aromatic nitrogens is 2. The van der Waals surface area contributed by atoms with Gasteiger partial charge in [-0.3, -0.25) is 0 Å². The molecular weight excluding hydrogens is 198 g/mol. The zero-order valence-electron chi connectivity index (χ0n) is 8.68. The Hall–Kier alpha value is -0.830. The highest BCUT2D eigenvalue weighted by atomic mass is 35.5. The van der Waals surface area contributed by atoms with Crippen molar-refractivity contribution < 1.29 is 0 Å². The van der Waals surface area contributed by atoms with Crippen LogP contribution < -0.4 is 5.73 Å². The minimum absolute atomic E-state index is 0.520. The lowest BCUT2D eigenvalue weighted by molar-refractivity contribution is 0.911. The molecule has 0 aliphatic heterocycles. The summed E-state index contributed by atoms with van der Waals surface area (Å²) < 4.78 is 0. The van der Waals surface area contributed by atoms with Crippen LogP contribution in [0.4, 0.5) is 5.82 Å². The largest absolute Gasteiger partial charge is 0.382 e. The average Bonchev–Trinajstić information content (AvgIpc) is 2.62. The van der Waals surface area contributed by atoms with Crippen molar-refractivity contribution >= 4 is 17.4 Å². The van der Waals surface area contributed by atoms with Crippen molar-refractivity contribution in [2.24, 2.45) is 0 Å². The molecule has 0 amide bonds. The number of nitrogen functional groups attached to an aromatic ring is 1. The first-order valence-corrected chi connectivity index (χ1v) is 5.37. The molecule has 0 spiro atoms. The van der Waals surface area contributed by atoms with Gasteiger partial charge in [0.15, 0.2) is 5.15 Å². The van der Waals surface area contributed by atoms with Gasteiger partial charge in [-0.2, -0.15) is 0 Å². The van der Waals surface area contributed by atoms with Crippen LogP contribution in [0.15, 0.2) is 0 Å². The maximum absolute atomic E-state index is 5.81. The van der Waals surface area contributed by atoms with Gasteiger partial charge in [0, 0.05) is 5.56 Å². The second-order valence-corrected chi connectivity index (χ2v) is 3.75. The highest BCUT2D eigenvalue weighted by Gasteiger charge is 2.18. The molecule has 0 saturated heterocycles. The summed E-state index contributed by atoms with van der Waals surface area (Å²) in [6.45, 7) is 4.25. The van der Waals surface area contributed by atoms with Crippen LogP contribution in [0.3, 0.4) is 0 Å². The summed E-state index contributed by atoms with van der Waals surface area (Å²) in [5, 5.41) is 8.01. The summed E-state index contributed by atoms with van der Waals surface area (Å²) in [6.07, 6.45) is 4.36. The maximum atomic E-state index is 5.81. The van der Waals surface area contributed by atoms with Gasteiger partial charge >= 0.3 is 0 Å². The van der Waals surface area contributed by atoms with E-state index in [1.165, 1.54) is 6.42 Å². The second kappa shape index (κ2) is 5.15. The van der Waals surface area contributed by atoms with Gasteiger partial charge in [0.25, 0.3) is 0 Å². The highest BCUT2D eigenvalue weighted by Crippen LogP contribution is 2.29. The summed E-state index contributed by atoms with van der Waals surface area (Å²) in [4.78, 5) is 0. The van der Waals surface area contributed by atoms with E-state index >= 15 is 0 Å². The molecule has 2 rings (SSSR count). The molecule has 0 atom stereocenters. The summed E-state index contributed by atoms with van der Waals surface area (Å²) >= 11 is 5.81. The lowest BCUT2D eigenvalue weighted by Crippen LogP contribution is -2.00. The smallest absolute Gasteiger partial charge is 0.155 e. The Morgan fingerprint density at radius 1 is 1.21 bits per heavy atom. The van der Waals surface area contributed by atoms with Crippen LogP contribution in [0, 0.1) is 0 Å². The first kappa shape index (κ1) is 11.2. The van der Waals surface area contributed by atoms with Crippen LogP contribution in [0.25, 0.3) is 0 Å². The molecule has 0 unspecified atom stereocenters. The Bertz CT molecular complexity index is 283. The van der Waals surface area contributed by atoms with E-state index in [9.17, 15) is 0 Å². The van der Waals surface area contributed by atoms with Crippen LogP contribution in [0.1, 0.15) is 37.8 Å². The van der Waals surface area contributed by atoms with Gasteiger partial charge in [0.05, 0.1) is 0 Å². The van der Waals surface area contributed by atoms with E-state index < -0.39 is 0 Å². The summed E-state index contributed by atoms with van der Waals surface area (Å²) in [5.41, 5.74) is 7.81. The maximum Gasteiger partial charge on any atom is 0.155 e. The van der Waals surface area contributed by atoms with Crippen LogP contribution in [0.5, 0.6) is 0 Å². The average molecular weight is 214 g/mol. The Morgan fingerprint density at radius 3 is 2.36 bits per heavy atom. The number of rotatable bonds is 0. The monoisotopic (exact) mass is 213 g/mol. The molecular formula is C10H16ClN3. The summed E-state index contributed by atoms with van der Waals surface area (Å²) in [6, 6.07) is 0. The Morgan fingerprint density at radius 2 is 1.79 bits per heavy atom. The van der Waals surface area contributed by atoms with Crippen LogP contribution in [-0.4, -0.2) is 10.2 Å². The molecule has 1 aliphatic rings. The molecule has 0 aromatic carbocycles. The van der Waals surface area contributed by atoms with Gasteiger partial charge in [-0.15, -0.1) is 10.2 Å². The number of nitrogens with two attached hydrogens (primary N) is 1. The summed E-state index contributed by atoms with van der Waals surface area (Å²) in [7, 11) is 0. The molecule has 0 radical (unpaired) electrons. The predicted molar refractivity (Wildman–Crippen MR) is 59.4 cm³/mol. The van der Waals surface area contributed by atoms with Gasteiger partial charge in [-0.25, -0.2) is 0 Å². The van der Waals surface area contributed by atoms with Crippen LogP contribution in [0.2, 0.25) is 5.15 Å². The van der Waals surface area contributed by atoms with Crippen molar-refractivity contribution in [2.45, 2.75) is 39.5 Å². The van der Waals surface area contributed by atoms with Gasteiger partial charge in [0.1, 0.15) is 5.82 Å². The molecule has 78 valence electrons. The molecule has 3 nitrogen and oxygen atoms in total. The molecule has 1 aliphatic carbocycles. The van der Waals surface area contributed by atoms with Crippen LogP contribution >= 0.6 is 11.6 Å². The molecule has 0 fully saturated rings. The van der Waals surface area contributed by atoms with Crippen molar-refractivity contribution in [3.63, 3.8) is 0 Å². The minimum Gasteiger partial charge on any atom is -0.382 e. The highest BCUT2D eigenvalue weighted by molar-refractivity contribution is 6.30. The van der Waals surface area contributed by atoms with Gasteiger partial charge < -0.3 is 5.73 Å². The zero-order chi connectivity index (χ0) is 10.6. The molecule has 14 heavy (non-hydrogen) atoms. The fourth-order valence-corrected chi connectivity index (χ4v) is 1.72. The third kappa shape index (κ3) is 2.35. The predicted octanol–water partition coefficient (Wildman–Crippen LogP) is 2.62. The topological polar surface area (TPSA) is 51.8 Å². The lowest BCUT2D eigenvalue weighted by atomic mass is 10.2. The van der Waals surface area contributed by atoms with E-state index in [-0.39, 0.29) is 0 Å². The van der Waals surface area contributed by atoms with Crippen molar-refractivity contribution in [3.05, 3.63) is 16.3 Å². The van der Waals surface area contributed by atoms with Crippen molar-refractivity contribution in [1.82, 2.24) is 10.2 Å². The molecule has 1 aromatic heterocycles. The van der Waals surface area contributed by atoms with Crippen molar-refractivity contribution in [1.29, 1.82) is 0 Å². The fourth-order valence-electron chi connectivity index (χ4n) is 1.47. The first-order valence-electron chi connectivity index (χ1n) is 5.00. The number of halogens is 1. The van der Waals surface area contributed by atoms with Gasteiger partial charge in [-0.1, -0.05) is 31.9 Å². The van der Waals surface area contributed by atoms with Crippen LogP contribution in [-0.2, 0) is 12.8 Å². The Balaban J connectivity index is 0.000000293. The van der Waals surface area contributed by atoms with E-state index in [0.717, 1.165) is 30.4 Å². The number of nitrogens with zero attached hydrogens (tertiary/aromatic N) is 2. The summed E-state index contributed by atoms with van der Waals surface area (Å²) in [5.74, 6) is 0.543. The SMILES string of the molecule is CCC.Nc1nnc(Cl)c2c1CCC2. The molecule has 2 N–H and O–H groups in total. The van der Waals surface area contributed by atoms with E-state index in [0.29, 0.717) is 11.0 Å². The number of anilines is 1. The van der Waals surface area contributed by atoms with E-state index in [2.05, 4.69) is 24.0 Å². The molecule has 1 aromatic rings. The van der Waals surface area contributed by atoms with Gasteiger partial charge in [-0.05, 0) is 24.8 Å². The first-order chi connectivity index (χ1) is 6.70. The quantitative estimate of drug-likeness (QED) is 0.721. The molecule has 4 heteroatoms. The number of hydrogen-bond acceptors (Lipinski definition) is 3. The fraction of sp³-hybridized carbons (Fsp3) is 0.600. The van der Waals surface area contributed by atoms with Crippen molar-refractivity contribution in [2.75, 3.05) is 5.73 Å². The zero-order valence-corrected chi connectivity index (χ0v) is 9.43. The Labute approximate surface area is 89.7 Å². The second-order valence-electron chi connectivity index (χ2n) is 3.39. The molecule has 0 saturated carbocycles. The standard InChI is InChI=1S/C7H8ClN3.C3H8/c8-6-4-2-1-3-5(4)7(9)11-10-6;1-3-2/h1-3H2,(H2,9,11);3H2,1-2H3. The minimum atomic E-state index is 0.520. The Kier molecular flexibility index (Phi) is 4.14. The van der Waals surface area contributed by atoms with Gasteiger partial charge in [0.2, 0.25) is 0 Å². The van der Waals surface area contributed by atoms with E-state index in [4.69, 9.17) is 17.3 Å². The third-order valence-electron chi connectivity index (χ3n) is 2.02. The van der Waals surface area contributed by atoms with E-state index in [1.807, 2.05) is 0 Å².